The smallest absolute Gasteiger partial charge is 0.411 e. The molecule has 1 unspecified atom stereocenters. The molecule has 0 radical (unpaired) electrons. The van der Waals surface area contributed by atoms with Gasteiger partial charge in [0.05, 0.1) is 23.7 Å². The van der Waals surface area contributed by atoms with Crippen molar-refractivity contribution < 1.29 is 33.3 Å². The topological polar surface area (TPSA) is 103 Å². The van der Waals surface area contributed by atoms with Crippen molar-refractivity contribution in [3.05, 3.63) is 86.9 Å². The number of amides is 2. The molecule has 2 atom stereocenters. The minimum Gasteiger partial charge on any atom is -0.485 e. The van der Waals surface area contributed by atoms with Gasteiger partial charge in [-0.15, -0.1) is 0 Å². The second kappa shape index (κ2) is 11.7. The maximum absolute atomic E-state index is 13.0. The zero-order chi connectivity index (χ0) is 30.2. The number of fused-ring (bicyclic) bond motifs is 2. The number of hydrogen-bond donors (Lipinski definition) is 1. The van der Waals surface area contributed by atoms with Crippen LogP contribution >= 0.6 is 23.2 Å². The van der Waals surface area contributed by atoms with E-state index in [1.807, 2.05) is 24.3 Å². The van der Waals surface area contributed by atoms with Crippen molar-refractivity contribution in [3.8, 4) is 11.5 Å². The van der Waals surface area contributed by atoms with Crippen molar-refractivity contribution in [2.75, 3.05) is 19.0 Å². The summed E-state index contributed by atoms with van der Waals surface area (Å²) in [6.45, 7) is 5.74. The van der Waals surface area contributed by atoms with E-state index >= 15 is 0 Å². The van der Waals surface area contributed by atoms with E-state index in [0.29, 0.717) is 32.8 Å². The molecule has 2 aliphatic rings. The third kappa shape index (κ3) is 6.42. The molecule has 0 spiro atoms. The average molecular weight is 613 g/mol. The Kier molecular flexibility index (Phi) is 8.25. The molecule has 2 amide bonds. The molecule has 2 aliphatic heterocycles. The first-order chi connectivity index (χ1) is 19.9. The Labute approximate surface area is 253 Å². The van der Waals surface area contributed by atoms with E-state index in [0.717, 1.165) is 16.7 Å². The summed E-state index contributed by atoms with van der Waals surface area (Å²) in [6, 6.07) is 14.8. The molecule has 42 heavy (non-hydrogen) atoms. The summed E-state index contributed by atoms with van der Waals surface area (Å²) in [4.78, 5) is 39.6. The minimum atomic E-state index is -0.816. The molecule has 0 fully saturated rings. The fraction of sp³-hybridized carbons (Fsp3) is 0.323. The molecule has 5 rings (SSSR count). The minimum absolute atomic E-state index is 0.151. The fourth-order valence-electron chi connectivity index (χ4n) is 4.80. The van der Waals surface area contributed by atoms with Crippen molar-refractivity contribution in [3.63, 3.8) is 0 Å². The van der Waals surface area contributed by atoms with Gasteiger partial charge in [-0.1, -0.05) is 35.3 Å². The Morgan fingerprint density at radius 3 is 2.33 bits per heavy atom. The molecule has 11 heteroatoms. The molecule has 0 saturated heterocycles. The highest BCUT2D eigenvalue weighted by atomic mass is 35.5. The normalized spacial score (nSPS) is 17.6. The highest BCUT2D eigenvalue weighted by Gasteiger charge is 2.39. The Morgan fingerprint density at radius 2 is 1.67 bits per heavy atom. The number of carbonyl (C=O) groups excluding carboxylic acids is 3. The fourth-order valence-corrected chi connectivity index (χ4v) is 5.09. The van der Waals surface area contributed by atoms with Gasteiger partial charge in [-0.25, -0.2) is 9.59 Å². The Bertz CT molecular complexity index is 1540. The van der Waals surface area contributed by atoms with Crippen LogP contribution in [0.4, 0.5) is 10.5 Å². The zero-order valence-electron chi connectivity index (χ0n) is 23.5. The van der Waals surface area contributed by atoms with Gasteiger partial charge in [0, 0.05) is 17.7 Å². The number of esters is 1. The molecule has 9 nitrogen and oxygen atoms in total. The number of nitrogens with one attached hydrogen (secondary N) is 1. The second-order valence-electron chi connectivity index (χ2n) is 11.0. The van der Waals surface area contributed by atoms with Gasteiger partial charge in [0.25, 0.3) is 5.91 Å². The van der Waals surface area contributed by atoms with Gasteiger partial charge >= 0.3 is 12.1 Å². The van der Waals surface area contributed by atoms with E-state index < -0.39 is 29.8 Å². The lowest BCUT2D eigenvalue weighted by molar-refractivity contribution is -0.147. The van der Waals surface area contributed by atoms with Crippen LogP contribution in [0.3, 0.4) is 0 Å². The number of carbonyl (C=O) groups is 3. The second-order valence-corrected chi connectivity index (χ2v) is 11.9. The number of anilines is 1. The molecule has 2 heterocycles. The molecule has 220 valence electrons. The van der Waals surface area contributed by atoms with Crippen molar-refractivity contribution in [2.24, 2.45) is 0 Å². The lowest BCUT2D eigenvalue weighted by atomic mass is 9.93. The number of halogens is 2. The summed E-state index contributed by atoms with van der Waals surface area (Å²) >= 11 is 12.0. The number of benzene rings is 3. The number of methoxy groups -OCH3 is 1. The van der Waals surface area contributed by atoms with E-state index in [9.17, 15) is 14.4 Å². The summed E-state index contributed by atoms with van der Waals surface area (Å²) < 4.78 is 22.9. The van der Waals surface area contributed by atoms with E-state index in [-0.39, 0.29) is 25.5 Å². The van der Waals surface area contributed by atoms with Gasteiger partial charge in [-0.3, -0.25) is 9.69 Å². The van der Waals surface area contributed by atoms with Crippen LogP contribution in [0.25, 0.3) is 0 Å². The summed E-state index contributed by atoms with van der Waals surface area (Å²) in [7, 11) is 1.30. The van der Waals surface area contributed by atoms with Gasteiger partial charge in [0.1, 0.15) is 18.2 Å². The summed E-state index contributed by atoms with van der Waals surface area (Å²) in [6.07, 6.45) is -0.733. The Hall–Kier alpha value is -3.95. The standard InChI is InChI=1S/C31H30Cl2N2O7/c1-31(2,3)42-30(38)35-15-20-14-26-25(13-19(20)12-24(35)29(37)39-4)40-16-27(41-26)17-5-8-21(9-6-17)34-28(36)18-7-10-22(32)23(33)11-18/h5-11,13-14,24,27H,12,15-16H2,1-4H3,(H,34,36)/t24-,27?/m0/s1. The largest absolute Gasteiger partial charge is 0.485 e. The van der Waals surface area contributed by atoms with Crippen LogP contribution in [-0.2, 0) is 27.2 Å². The molecule has 0 aromatic heterocycles. The molecule has 0 saturated carbocycles. The summed E-state index contributed by atoms with van der Waals surface area (Å²) in [5, 5.41) is 3.52. The quantitative estimate of drug-likeness (QED) is 0.331. The molecule has 1 N–H and O–H groups in total. The first kappa shape index (κ1) is 29.5. The summed E-state index contributed by atoms with van der Waals surface area (Å²) in [5.41, 5.74) is 2.81. The van der Waals surface area contributed by atoms with Gasteiger partial charge in [0.2, 0.25) is 0 Å². The highest BCUT2D eigenvalue weighted by molar-refractivity contribution is 6.42. The van der Waals surface area contributed by atoms with E-state index in [4.69, 9.17) is 42.1 Å². The zero-order valence-corrected chi connectivity index (χ0v) is 25.0. The summed E-state index contributed by atoms with van der Waals surface area (Å²) in [5.74, 6) is 0.262. The lowest BCUT2D eigenvalue weighted by Crippen LogP contribution is -2.50. The van der Waals surface area contributed by atoms with Crippen LogP contribution in [0.1, 0.15) is 53.9 Å². The lowest BCUT2D eigenvalue weighted by Gasteiger charge is -2.37. The highest BCUT2D eigenvalue weighted by Crippen LogP contribution is 2.41. The number of nitrogens with zero attached hydrogens (tertiary/aromatic N) is 1. The van der Waals surface area contributed by atoms with Crippen molar-refractivity contribution in [1.82, 2.24) is 4.90 Å². The maximum Gasteiger partial charge on any atom is 0.411 e. The SMILES string of the molecule is COC(=O)[C@@H]1Cc2cc3c(cc2CN1C(=O)OC(C)(C)C)OC(c1ccc(NC(=O)c2ccc(Cl)c(Cl)c2)cc1)CO3. The predicted octanol–water partition coefficient (Wildman–Crippen LogP) is 6.59. The van der Waals surface area contributed by atoms with Crippen molar-refractivity contribution in [2.45, 2.75) is 51.5 Å². The van der Waals surface area contributed by atoms with Crippen LogP contribution in [0.2, 0.25) is 10.0 Å². The van der Waals surface area contributed by atoms with Gasteiger partial charge < -0.3 is 24.3 Å². The van der Waals surface area contributed by atoms with Crippen LogP contribution in [0.5, 0.6) is 11.5 Å². The van der Waals surface area contributed by atoms with E-state index in [1.54, 1.807) is 45.0 Å². The number of ether oxygens (including phenoxy) is 4. The van der Waals surface area contributed by atoms with Crippen LogP contribution in [0.15, 0.2) is 54.6 Å². The van der Waals surface area contributed by atoms with Gasteiger partial charge in [-0.05, 0) is 79.9 Å². The van der Waals surface area contributed by atoms with Gasteiger partial charge in [0.15, 0.2) is 17.6 Å². The maximum atomic E-state index is 13.0. The Morgan fingerprint density at radius 1 is 0.952 bits per heavy atom. The van der Waals surface area contributed by atoms with Crippen LogP contribution in [-0.4, -0.2) is 48.2 Å². The molecular formula is C31H30Cl2N2O7. The van der Waals surface area contributed by atoms with Crippen molar-refractivity contribution >= 4 is 46.9 Å². The first-order valence-electron chi connectivity index (χ1n) is 13.3. The van der Waals surface area contributed by atoms with E-state index in [1.165, 1.54) is 18.1 Å². The molecule has 0 aliphatic carbocycles. The average Bonchev–Trinajstić information content (AvgIpc) is 2.95. The van der Waals surface area contributed by atoms with Gasteiger partial charge in [-0.2, -0.15) is 0 Å². The third-order valence-electron chi connectivity index (χ3n) is 6.88. The van der Waals surface area contributed by atoms with Crippen molar-refractivity contribution in [1.29, 1.82) is 0 Å². The first-order valence-corrected chi connectivity index (χ1v) is 14.1. The third-order valence-corrected chi connectivity index (χ3v) is 7.62. The Balaban J connectivity index is 1.30. The monoisotopic (exact) mass is 612 g/mol. The van der Waals surface area contributed by atoms with Crippen LogP contribution in [0, 0.1) is 0 Å². The van der Waals surface area contributed by atoms with E-state index in [2.05, 4.69) is 5.32 Å². The molecule has 3 aromatic rings. The number of hydrogen-bond acceptors (Lipinski definition) is 7. The molecular weight excluding hydrogens is 583 g/mol. The van der Waals surface area contributed by atoms with Crippen LogP contribution < -0.4 is 14.8 Å². The molecule has 0 bridgehead atoms. The number of rotatable bonds is 4. The predicted molar refractivity (Wildman–Crippen MR) is 157 cm³/mol. The molecule has 3 aromatic carbocycles.